The number of aliphatic hydroxyl groups is 1. The molecule has 3 rings (SSSR count). The number of carbonyl (C=O) groups excluding carboxylic acids is 2. The van der Waals surface area contributed by atoms with Gasteiger partial charge in [-0.3, -0.25) is 14.5 Å². The first-order valence-corrected chi connectivity index (χ1v) is 9.34. The Balaban J connectivity index is 1.93. The first-order chi connectivity index (χ1) is 12.7. The van der Waals surface area contributed by atoms with Crippen molar-refractivity contribution in [2.45, 2.75) is 39.0 Å². The lowest BCUT2D eigenvalue weighted by Gasteiger charge is -2.27. The number of nitrogens with zero attached hydrogens (tertiary/aromatic N) is 1. The fourth-order valence-electron chi connectivity index (χ4n) is 3.39. The van der Waals surface area contributed by atoms with E-state index in [1.807, 2.05) is 12.1 Å². The molecule has 0 unspecified atom stereocenters. The minimum absolute atomic E-state index is 0.0607. The Hall–Kier alpha value is -2.40. The maximum atomic E-state index is 12.9. The quantitative estimate of drug-likeness (QED) is 0.549. The first kappa shape index (κ1) is 18.4. The minimum atomic E-state index is -0.225. The second-order valence-electron chi connectivity index (χ2n) is 6.59. The molecule has 0 aliphatic carbocycles. The number of imide groups is 1. The maximum absolute atomic E-state index is 12.9. The number of benzene rings is 2. The van der Waals surface area contributed by atoms with Gasteiger partial charge in [-0.25, -0.2) is 0 Å². The SMILES string of the molecule is CCCCCCN1C(=O)c2cccc3c(OCCCO)ccc(c23)C1=O. The Morgan fingerprint density at radius 3 is 2.46 bits per heavy atom. The third kappa shape index (κ3) is 3.44. The maximum Gasteiger partial charge on any atom is 0.261 e. The van der Waals surface area contributed by atoms with Gasteiger partial charge in [0.25, 0.3) is 11.8 Å². The van der Waals surface area contributed by atoms with Gasteiger partial charge in [0.15, 0.2) is 0 Å². The summed E-state index contributed by atoms with van der Waals surface area (Å²) in [6, 6.07) is 8.99. The average molecular weight is 355 g/mol. The molecule has 2 aromatic rings. The van der Waals surface area contributed by atoms with Crippen molar-refractivity contribution in [2.75, 3.05) is 19.8 Å². The summed E-state index contributed by atoms with van der Waals surface area (Å²) in [5.74, 6) is 0.185. The summed E-state index contributed by atoms with van der Waals surface area (Å²) in [7, 11) is 0. The van der Waals surface area contributed by atoms with Crippen molar-refractivity contribution in [3.63, 3.8) is 0 Å². The zero-order valence-corrected chi connectivity index (χ0v) is 15.2. The molecule has 1 heterocycles. The number of hydrogen-bond donors (Lipinski definition) is 1. The van der Waals surface area contributed by atoms with E-state index in [9.17, 15) is 9.59 Å². The third-order valence-corrected chi connectivity index (χ3v) is 4.75. The molecule has 1 aliphatic rings. The van der Waals surface area contributed by atoms with Gasteiger partial charge in [0.1, 0.15) is 5.75 Å². The van der Waals surface area contributed by atoms with Crippen molar-refractivity contribution in [2.24, 2.45) is 0 Å². The van der Waals surface area contributed by atoms with Crippen molar-refractivity contribution in [3.05, 3.63) is 41.5 Å². The summed E-state index contributed by atoms with van der Waals surface area (Å²) in [6.45, 7) is 3.04. The first-order valence-electron chi connectivity index (χ1n) is 9.34. The molecular formula is C21H25NO4. The monoisotopic (exact) mass is 355 g/mol. The van der Waals surface area contributed by atoms with Crippen LogP contribution in [0.5, 0.6) is 5.75 Å². The summed E-state index contributed by atoms with van der Waals surface area (Å²) >= 11 is 0. The van der Waals surface area contributed by atoms with Crippen molar-refractivity contribution < 1.29 is 19.4 Å². The van der Waals surface area contributed by atoms with Crippen LogP contribution < -0.4 is 4.74 Å². The van der Waals surface area contributed by atoms with Crippen molar-refractivity contribution in [3.8, 4) is 5.75 Å². The number of unbranched alkanes of at least 4 members (excludes halogenated alkanes) is 3. The fourth-order valence-corrected chi connectivity index (χ4v) is 3.39. The molecule has 0 radical (unpaired) electrons. The number of rotatable bonds is 9. The van der Waals surface area contributed by atoms with Crippen LogP contribution in [-0.2, 0) is 0 Å². The molecule has 1 N–H and O–H groups in total. The Bertz CT molecular complexity index is 793. The molecule has 138 valence electrons. The van der Waals surface area contributed by atoms with Gasteiger partial charge in [0.2, 0.25) is 0 Å². The van der Waals surface area contributed by atoms with Crippen molar-refractivity contribution in [1.29, 1.82) is 0 Å². The van der Waals surface area contributed by atoms with Crippen LogP contribution in [0, 0.1) is 0 Å². The number of aliphatic hydroxyl groups excluding tert-OH is 1. The Morgan fingerprint density at radius 2 is 1.73 bits per heavy atom. The van der Waals surface area contributed by atoms with Crippen LogP contribution in [0.2, 0.25) is 0 Å². The second kappa shape index (κ2) is 8.32. The molecule has 0 saturated carbocycles. The lowest BCUT2D eigenvalue weighted by Crippen LogP contribution is -2.40. The molecule has 0 spiro atoms. The summed E-state index contributed by atoms with van der Waals surface area (Å²) in [5.41, 5.74) is 1.11. The van der Waals surface area contributed by atoms with E-state index in [4.69, 9.17) is 9.84 Å². The largest absolute Gasteiger partial charge is 0.493 e. The van der Waals surface area contributed by atoms with Crippen molar-refractivity contribution in [1.82, 2.24) is 4.90 Å². The van der Waals surface area contributed by atoms with E-state index in [1.165, 1.54) is 4.90 Å². The van der Waals surface area contributed by atoms with E-state index in [0.717, 1.165) is 31.1 Å². The van der Waals surface area contributed by atoms with Crippen LogP contribution in [0.15, 0.2) is 30.3 Å². The molecule has 0 atom stereocenters. The number of ether oxygens (including phenoxy) is 1. The third-order valence-electron chi connectivity index (χ3n) is 4.75. The van der Waals surface area contributed by atoms with Crippen molar-refractivity contribution >= 4 is 22.6 Å². The normalized spacial score (nSPS) is 13.5. The minimum Gasteiger partial charge on any atom is -0.493 e. The van der Waals surface area contributed by atoms with E-state index < -0.39 is 0 Å². The number of carbonyl (C=O) groups is 2. The molecule has 5 nitrogen and oxygen atoms in total. The van der Waals surface area contributed by atoms with E-state index in [2.05, 4.69) is 6.92 Å². The van der Waals surface area contributed by atoms with Crippen LogP contribution in [0.3, 0.4) is 0 Å². The molecule has 5 heteroatoms. The van der Waals surface area contributed by atoms with E-state index in [0.29, 0.717) is 41.8 Å². The zero-order valence-electron chi connectivity index (χ0n) is 15.2. The smallest absolute Gasteiger partial charge is 0.261 e. The summed E-state index contributed by atoms with van der Waals surface area (Å²) in [4.78, 5) is 27.1. The van der Waals surface area contributed by atoms with Gasteiger partial charge in [-0.2, -0.15) is 0 Å². The Kier molecular flexibility index (Phi) is 5.89. The van der Waals surface area contributed by atoms with E-state index in [-0.39, 0.29) is 18.4 Å². The molecule has 2 aromatic carbocycles. The molecule has 0 bridgehead atoms. The highest BCUT2D eigenvalue weighted by Gasteiger charge is 2.32. The summed E-state index contributed by atoms with van der Waals surface area (Å²) in [5, 5.41) is 10.4. The molecule has 0 aromatic heterocycles. The van der Waals surface area contributed by atoms with Gasteiger partial charge in [-0.1, -0.05) is 38.3 Å². The van der Waals surface area contributed by atoms with Gasteiger partial charge < -0.3 is 9.84 Å². The molecular weight excluding hydrogens is 330 g/mol. The molecule has 1 aliphatic heterocycles. The summed E-state index contributed by atoms with van der Waals surface area (Å²) < 4.78 is 5.73. The van der Waals surface area contributed by atoms with Crippen LogP contribution in [-0.4, -0.2) is 41.6 Å². The van der Waals surface area contributed by atoms with E-state index >= 15 is 0 Å². The molecule has 26 heavy (non-hydrogen) atoms. The van der Waals surface area contributed by atoms with Crippen LogP contribution in [0.25, 0.3) is 10.8 Å². The predicted molar refractivity (Wildman–Crippen MR) is 101 cm³/mol. The highest BCUT2D eigenvalue weighted by Crippen LogP contribution is 2.35. The highest BCUT2D eigenvalue weighted by molar-refractivity contribution is 6.26. The van der Waals surface area contributed by atoms with Gasteiger partial charge in [0.05, 0.1) is 6.61 Å². The average Bonchev–Trinajstić information content (AvgIpc) is 2.66. The standard InChI is InChI=1S/C21H25NO4/c1-2-3-4-5-12-22-20(24)16-9-6-8-15-18(26-14-7-13-23)11-10-17(19(15)16)21(22)25/h6,8-11,23H,2-5,7,12-14H2,1H3. The van der Waals surface area contributed by atoms with Crippen LogP contribution >= 0.6 is 0 Å². The zero-order chi connectivity index (χ0) is 18.5. The van der Waals surface area contributed by atoms with Gasteiger partial charge in [-0.05, 0) is 24.6 Å². The molecule has 0 fully saturated rings. The highest BCUT2D eigenvalue weighted by atomic mass is 16.5. The van der Waals surface area contributed by atoms with Gasteiger partial charge in [0, 0.05) is 41.5 Å². The Labute approximate surface area is 153 Å². The van der Waals surface area contributed by atoms with Gasteiger partial charge >= 0.3 is 0 Å². The molecule has 2 amide bonds. The fraction of sp³-hybridized carbons (Fsp3) is 0.429. The lowest BCUT2D eigenvalue weighted by molar-refractivity contribution is 0.0608. The van der Waals surface area contributed by atoms with Crippen LogP contribution in [0.1, 0.15) is 59.7 Å². The Morgan fingerprint density at radius 1 is 0.962 bits per heavy atom. The van der Waals surface area contributed by atoms with E-state index in [1.54, 1.807) is 18.2 Å². The lowest BCUT2D eigenvalue weighted by atomic mass is 9.93. The van der Waals surface area contributed by atoms with Crippen LogP contribution in [0.4, 0.5) is 0 Å². The number of hydrogen-bond acceptors (Lipinski definition) is 4. The summed E-state index contributed by atoms with van der Waals surface area (Å²) in [6.07, 6.45) is 4.60. The van der Waals surface area contributed by atoms with Gasteiger partial charge in [-0.15, -0.1) is 0 Å². The predicted octanol–water partition coefficient (Wildman–Crippen LogP) is 3.78. The second-order valence-corrected chi connectivity index (χ2v) is 6.59. The number of amides is 2. The topological polar surface area (TPSA) is 66.8 Å². The molecule has 0 saturated heterocycles.